The average molecular weight is 314 g/mol. The molecule has 2 N–H and O–H groups in total. The molecule has 0 spiro atoms. The Morgan fingerprint density at radius 2 is 2.20 bits per heavy atom. The number of anilines is 1. The van der Waals surface area contributed by atoms with Crippen LogP contribution in [-0.2, 0) is 11.3 Å². The lowest BCUT2D eigenvalue weighted by Gasteiger charge is -2.07. The maximum atomic E-state index is 11.6. The predicted octanol–water partition coefficient (Wildman–Crippen LogP) is 3.00. The molecule has 1 aromatic carbocycles. The van der Waals surface area contributed by atoms with Gasteiger partial charge in [-0.1, -0.05) is 29.3 Å². The van der Waals surface area contributed by atoms with Gasteiger partial charge in [-0.15, -0.1) is 0 Å². The molecule has 20 heavy (non-hydrogen) atoms. The Hall–Kier alpha value is -1.72. The highest BCUT2D eigenvalue weighted by Crippen LogP contribution is 2.23. The Morgan fingerprint density at radius 1 is 1.45 bits per heavy atom. The number of benzene rings is 1. The zero-order chi connectivity index (χ0) is 14.7. The van der Waals surface area contributed by atoms with E-state index in [1.165, 1.54) is 10.9 Å². The van der Waals surface area contributed by atoms with Crippen molar-refractivity contribution in [3.05, 3.63) is 45.6 Å². The lowest BCUT2D eigenvalue weighted by atomic mass is 10.2. The fourth-order valence-corrected chi connectivity index (χ4v) is 2.17. The number of aromatic nitrogens is 2. The van der Waals surface area contributed by atoms with Gasteiger partial charge in [0.15, 0.2) is 0 Å². The normalized spacial score (nSPS) is 10.6. The Morgan fingerprint density at radius 3 is 2.85 bits per heavy atom. The third-order valence-corrected chi connectivity index (χ3v) is 3.30. The molecule has 5 nitrogen and oxygen atoms in total. The molecule has 2 aromatic rings. The van der Waals surface area contributed by atoms with E-state index in [-0.39, 0.29) is 18.0 Å². The summed E-state index contributed by atoms with van der Waals surface area (Å²) in [5.41, 5.74) is 6.95. The van der Waals surface area contributed by atoms with Gasteiger partial charge in [0.05, 0.1) is 19.3 Å². The van der Waals surface area contributed by atoms with Gasteiger partial charge in [0.25, 0.3) is 0 Å². The number of rotatable bonds is 4. The number of nitrogen functional groups attached to an aromatic ring is 1. The van der Waals surface area contributed by atoms with Crippen LogP contribution in [0.2, 0.25) is 10.0 Å². The molecule has 106 valence electrons. The lowest BCUT2D eigenvalue weighted by Crippen LogP contribution is -2.10. The van der Waals surface area contributed by atoms with Crippen molar-refractivity contribution in [2.45, 2.75) is 13.5 Å². The van der Waals surface area contributed by atoms with E-state index in [9.17, 15) is 4.79 Å². The zero-order valence-corrected chi connectivity index (χ0v) is 12.3. The number of nitrogens with two attached hydrogens (primary N) is 1. The van der Waals surface area contributed by atoms with E-state index in [1.807, 2.05) is 0 Å². The SMILES string of the molecule is CCOC(=O)c1cnn(Cc2ccc(Cl)cc2Cl)c1N. The highest BCUT2D eigenvalue weighted by Gasteiger charge is 2.16. The number of hydrogen-bond acceptors (Lipinski definition) is 4. The van der Waals surface area contributed by atoms with Crippen molar-refractivity contribution in [2.24, 2.45) is 0 Å². The average Bonchev–Trinajstić information content (AvgIpc) is 2.75. The van der Waals surface area contributed by atoms with E-state index < -0.39 is 5.97 Å². The van der Waals surface area contributed by atoms with Crippen LogP contribution in [0.5, 0.6) is 0 Å². The summed E-state index contributed by atoms with van der Waals surface area (Å²) in [7, 11) is 0. The molecule has 0 aliphatic rings. The van der Waals surface area contributed by atoms with E-state index in [2.05, 4.69) is 5.10 Å². The van der Waals surface area contributed by atoms with Crippen molar-refractivity contribution in [1.29, 1.82) is 0 Å². The quantitative estimate of drug-likeness (QED) is 0.881. The molecule has 0 unspecified atom stereocenters. The van der Waals surface area contributed by atoms with Crippen LogP contribution >= 0.6 is 23.2 Å². The van der Waals surface area contributed by atoms with Gasteiger partial charge in [0.1, 0.15) is 11.4 Å². The number of ether oxygens (including phenoxy) is 1. The van der Waals surface area contributed by atoms with Crippen LogP contribution in [0.3, 0.4) is 0 Å². The summed E-state index contributed by atoms with van der Waals surface area (Å²) >= 11 is 11.9. The summed E-state index contributed by atoms with van der Waals surface area (Å²) in [5.74, 6) is -0.243. The number of carbonyl (C=O) groups excluding carboxylic acids is 1. The molecule has 1 aromatic heterocycles. The Kier molecular flexibility index (Phi) is 4.52. The number of esters is 1. The monoisotopic (exact) mass is 313 g/mol. The van der Waals surface area contributed by atoms with E-state index in [1.54, 1.807) is 25.1 Å². The summed E-state index contributed by atoms with van der Waals surface area (Å²) < 4.78 is 6.38. The van der Waals surface area contributed by atoms with Crippen molar-refractivity contribution in [3.8, 4) is 0 Å². The highest BCUT2D eigenvalue weighted by molar-refractivity contribution is 6.35. The molecular formula is C13H13Cl2N3O2. The Labute approximate surface area is 126 Å². The van der Waals surface area contributed by atoms with Gasteiger partial charge in [-0.05, 0) is 24.6 Å². The Balaban J connectivity index is 2.24. The van der Waals surface area contributed by atoms with Crippen LogP contribution < -0.4 is 5.73 Å². The number of halogens is 2. The topological polar surface area (TPSA) is 70.1 Å². The number of hydrogen-bond donors (Lipinski definition) is 1. The van der Waals surface area contributed by atoms with Crippen molar-refractivity contribution >= 4 is 35.0 Å². The van der Waals surface area contributed by atoms with Gasteiger partial charge in [-0.3, -0.25) is 0 Å². The second-order valence-corrected chi connectivity index (χ2v) is 4.90. The fraction of sp³-hybridized carbons (Fsp3) is 0.231. The zero-order valence-electron chi connectivity index (χ0n) is 10.8. The van der Waals surface area contributed by atoms with E-state index >= 15 is 0 Å². The first-order valence-corrected chi connectivity index (χ1v) is 6.70. The summed E-state index contributed by atoms with van der Waals surface area (Å²) in [6.07, 6.45) is 1.39. The first-order valence-electron chi connectivity index (χ1n) is 5.95. The molecular weight excluding hydrogens is 301 g/mol. The van der Waals surface area contributed by atoms with Crippen LogP contribution in [-0.4, -0.2) is 22.4 Å². The molecule has 0 amide bonds. The van der Waals surface area contributed by atoms with Crippen LogP contribution in [0.15, 0.2) is 24.4 Å². The minimum absolute atomic E-state index is 0.245. The van der Waals surface area contributed by atoms with Crippen molar-refractivity contribution in [1.82, 2.24) is 9.78 Å². The third kappa shape index (κ3) is 3.05. The molecule has 7 heteroatoms. The van der Waals surface area contributed by atoms with E-state index in [4.69, 9.17) is 33.7 Å². The van der Waals surface area contributed by atoms with Crippen molar-refractivity contribution in [2.75, 3.05) is 12.3 Å². The lowest BCUT2D eigenvalue weighted by molar-refractivity contribution is 0.0527. The van der Waals surface area contributed by atoms with Gasteiger partial charge in [-0.2, -0.15) is 5.10 Å². The number of nitrogens with zero attached hydrogens (tertiary/aromatic N) is 2. The van der Waals surface area contributed by atoms with Gasteiger partial charge < -0.3 is 10.5 Å². The highest BCUT2D eigenvalue weighted by atomic mass is 35.5. The standard InChI is InChI=1S/C13H13Cl2N3O2/c1-2-20-13(19)10-6-17-18(12(10)16)7-8-3-4-9(14)5-11(8)15/h3-6H,2,7,16H2,1H3. The molecule has 0 radical (unpaired) electrons. The Bertz CT molecular complexity index is 641. The van der Waals surface area contributed by atoms with Gasteiger partial charge >= 0.3 is 5.97 Å². The second kappa shape index (κ2) is 6.15. The van der Waals surface area contributed by atoms with Gasteiger partial charge in [0.2, 0.25) is 0 Å². The van der Waals surface area contributed by atoms with Crippen LogP contribution in [0.1, 0.15) is 22.8 Å². The first kappa shape index (κ1) is 14.7. The van der Waals surface area contributed by atoms with Crippen molar-refractivity contribution in [3.63, 3.8) is 0 Å². The molecule has 0 fully saturated rings. The maximum absolute atomic E-state index is 11.6. The molecule has 0 aliphatic carbocycles. The van der Waals surface area contributed by atoms with Crippen LogP contribution in [0.25, 0.3) is 0 Å². The molecule has 0 saturated heterocycles. The maximum Gasteiger partial charge on any atom is 0.343 e. The number of carbonyl (C=O) groups is 1. The minimum atomic E-state index is -0.488. The summed E-state index contributed by atoms with van der Waals surface area (Å²) in [6, 6.07) is 5.16. The van der Waals surface area contributed by atoms with E-state index in [0.717, 1.165) is 5.56 Å². The van der Waals surface area contributed by atoms with Gasteiger partial charge in [0, 0.05) is 10.0 Å². The third-order valence-electron chi connectivity index (χ3n) is 2.71. The first-order chi connectivity index (χ1) is 9.52. The van der Waals surface area contributed by atoms with Crippen molar-refractivity contribution < 1.29 is 9.53 Å². The van der Waals surface area contributed by atoms with E-state index in [0.29, 0.717) is 16.6 Å². The van der Waals surface area contributed by atoms with Gasteiger partial charge in [-0.25, -0.2) is 9.48 Å². The largest absolute Gasteiger partial charge is 0.462 e. The summed E-state index contributed by atoms with van der Waals surface area (Å²) in [4.78, 5) is 11.6. The second-order valence-electron chi connectivity index (χ2n) is 4.06. The molecule has 0 atom stereocenters. The molecule has 0 saturated carbocycles. The molecule has 0 bridgehead atoms. The molecule has 2 rings (SSSR count). The predicted molar refractivity (Wildman–Crippen MR) is 78.2 cm³/mol. The minimum Gasteiger partial charge on any atom is -0.462 e. The van der Waals surface area contributed by atoms with Crippen LogP contribution in [0, 0.1) is 0 Å². The van der Waals surface area contributed by atoms with Crippen LogP contribution in [0.4, 0.5) is 5.82 Å². The fourth-order valence-electron chi connectivity index (χ4n) is 1.70. The summed E-state index contributed by atoms with van der Waals surface area (Å²) in [6.45, 7) is 2.36. The summed E-state index contributed by atoms with van der Waals surface area (Å²) in [5, 5.41) is 5.15. The smallest absolute Gasteiger partial charge is 0.343 e. The molecule has 1 heterocycles. The molecule has 0 aliphatic heterocycles.